The quantitative estimate of drug-likeness (QED) is 0.273. The number of hydrogen-bond acceptors (Lipinski definition) is 5. The number of allylic oxidation sites excluding steroid dienone is 3. The Kier molecular flexibility index (Phi) is 9.74. The summed E-state index contributed by atoms with van der Waals surface area (Å²) in [6, 6.07) is -0.727. The number of imide groups is 2. The molecule has 0 radical (unpaired) electrons. The number of amides is 4. The summed E-state index contributed by atoms with van der Waals surface area (Å²) in [5.41, 5.74) is 2.78. The number of rotatable bonds is 10. The van der Waals surface area contributed by atoms with Crippen molar-refractivity contribution in [3.63, 3.8) is 0 Å². The lowest BCUT2D eigenvalue weighted by atomic mass is 9.95. The summed E-state index contributed by atoms with van der Waals surface area (Å²) in [7, 11) is 7.75. The van der Waals surface area contributed by atoms with Crippen molar-refractivity contribution in [1.82, 2.24) is 19.6 Å². The first-order valence-electron chi connectivity index (χ1n) is 12.3. The second-order valence-corrected chi connectivity index (χ2v) is 9.60. The van der Waals surface area contributed by atoms with Crippen molar-refractivity contribution in [2.45, 2.75) is 78.2 Å². The highest BCUT2D eigenvalue weighted by Crippen LogP contribution is 2.40. The van der Waals surface area contributed by atoms with Gasteiger partial charge in [0, 0.05) is 58.8 Å². The Morgan fingerprint density at radius 2 is 1.36 bits per heavy atom. The van der Waals surface area contributed by atoms with E-state index in [-0.39, 0.29) is 11.6 Å². The van der Waals surface area contributed by atoms with Crippen LogP contribution in [0.3, 0.4) is 0 Å². The van der Waals surface area contributed by atoms with Gasteiger partial charge in [-0.05, 0) is 43.8 Å². The van der Waals surface area contributed by atoms with E-state index in [4.69, 9.17) is 0 Å². The summed E-state index contributed by atoms with van der Waals surface area (Å²) in [6.07, 6.45) is 10.9. The Labute approximate surface area is 199 Å². The molecule has 1 atom stereocenters. The predicted octanol–water partition coefficient (Wildman–Crippen LogP) is 4.53. The molecule has 1 saturated carbocycles. The highest BCUT2D eigenvalue weighted by Gasteiger charge is 2.46. The van der Waals surface area contributed by atoms with E-state index in [9.17, 15) is 14.4 Å². The lowest BCUT2D eigenvalue weighted by molar-refractivity contribution is -0.137. The smallest absolute Gasteiger partial charge is 0.334 e. The molecule has 2 rings (SSSR count). The van der Waals surface area contributed by atoms with E-state index < -0.39 is 17.8 Å². The third-order valence-electron chi connectivity index (χ3n) is 6.11. The maximum absolute atomic E-state index is 13.8. The van der Waals surface area contributed by atoms with Gasteiger partial charge in [0.1, 0.15) is 5.57 Å². The number of hydrogen-bond donors (Lipinski definition) is 0. The van der Waals surface area contributed by atoms with Gasteiger partial charge in [-0.15, -0.1) is 0 Å². The summed E-state index contributed by atoms with van der Waals surface area (Å²) in [5, 5.41) is 0. The highest BCUT2D eigenvalue weighted by molar-refractivity contribution is 6.30. The Balaban J connectivity index is 2.66. The van der Waals surface area contributed by atoms with Crippen molar-refractivity contribution in [2.24, 2.45) is 0 Å². The molecule has 0 spiro atoms. The van der Waals surface area contributed by atoms with Gasteiger partial charge in [0.2, 0.25) is 0 Å². The summed E-state index contributed by atoms with van der Waals surface area (Å²) in [4.78, 5) is 47.3. The fourth-order valence-corrected chi connectivity index (χ4v) is 4.51. The summed E-state index contributed by atoms with van der Waals surface area (Å²) < 4.78 is 0. The molecule has 1 aliphatic heterocycles. The SMILES string of the molecule is CCCCCC(C)N1C(=O)C(=C2/C(=C/N(C)C)CC/C2=C\N(C)C)C(=O)N(CCCC)C1=O. The van der Waals surface area contributed by atoms with E-state index in [2.05, 4.69) is 6.92 Å². The molecular formula is C26H42N4O3. The Morgan fingerprint density at radius 1 is 0.818 bits per heavy atom. The molecule has 184 valence electrons. The number of urea groups is 1. The van der Waals surface area contributed by atoms with Crippen LogP contribution in [0.15, 0.2) is 34.7 Å². The molecule has 0 aromatic carbocycles. The van der Waals surface area contributed by atoms with E-state index in [1.54, 1.807) is 0 Å². The zero-order chi connectivity index (χ0) is 24.7. The Hall–Kier alpha value is -2.57. The minimum Gasteiger partial charge on any atom is -0.383 e. The monoisotopic (exact) mass is 458 g/mol. The third-order valence-corrected chi connectivity index (χ3v) is 6.11. The number of unbranched alkanes of at least 4 members (excludes halogenated alkanes) is 3. The normalized spacial score (nSPS) is 20.5. The average molecular weight is 459 g/mol. The van der Waals surface area contributed by atoms with Crippen molar-refractivity contribution in [3.8, 4) is 0 Å². The Morgan fingerprint density at radius 3 is 1.85 bits per heavy atom. The summed E-state index contributed by atoms with van der Waals surface area (Å²) in [6.45, 7) is 6.41. The van der Waals surface area contributed by atoms with Crippen LogP contribution in [0.5, 0.6) is 0 Å². The number of barbiturate groups is 1. The zero-order valence-corrected chi connectivity index (χ0v) is 21.6. The van der Waals surface area contributed by atoms with Crippen LogP contribution in [0.2, 0.25) is 0 Å². The third kappa shape index (κ3) is 6.27. The molecule has 1 aliphatic carbocycles. The van der Waals surface area contributed by atoms with Crippen molar-refractivity contribution in [1.29, 1.82) is 0 Å². The molecule has 1 unspecified atom stereocenters. The van der Waals surface area contributed by atoms with Crippen molar-refractivity contribution < 1.29 is 14.4 Å². The van der Waals surface area contributed by atoms with E-state index in [0.717, 1.165) is 56.1 Å². The van der Waals surface area contributed by atoms with Gasteiger partial charge in [0.15, 0.2) is 0 Å². The molecule has 2 aliphatic rings. The number of carbonyl (C=O) groups excluding carboxylic acids is 3. The van der Waals surface area contributed by atoms with Gasteiger partial charge in [0.25, 0.3) is 11.8 Å². The molecule has 0 N–H and O–H groups in total. The lowest BCUT2D eigenvalue weighted by Gasteiger charge is -2.38. The zero-order valence-electron chi connectivity index (χ0n) is 21.6. The van der Waals surface area contributed by atoms with Crippen LogP contribution in [-0.4, -0.2) is 78.2 Å². The first kappa shape index (κ1) is 26.7. The van der Waals surface area contributed by atoms with Crippen LogP contribution in [0.25, 0.3) is 0 Å². The van der Waals surface area contributed by atoms with Gasteiger partial charge in [-0.3, -0.25) is 19.4 Å². The van der Waals surface area contributed by atoms with Gasteiger partial charge < -0.3 is 9.80 Å². The maximum atomic E-state index is 13.8. The minimum absolute atomic E-state index is 0.145. The molecule has 1 saturated heterocycles. The molecule has 7 nitrogen and oxygen atoms in total. The second kappa shape index (κ2) is 12.1. The standard InChI is InChI=1S/C26H42N4O3/c1-8-10-12-13-19(3)30-25(32)23(24(31)29(26(30)33)16-11-9-2)22-20(17-27(4)5)14-15-21(22)18-28(6)7/h17-19H,8-16H2,1-7H3/b20-17+,21-18+. The van der Waals surface area contributed by atoms with Crippen LogP contribution in [0, 0.1) is 0 Å². The first-order valence-corrected chi connectivity index (χ1v) is 12.3. The topological polar surface area (TPSA) is 64.2 Å². The Bertz CT molecular complexity index is 810. The van der Waals surface area contributed by atoms with E-state index in [1.165, 1.54) is 9.80 Å². The largest absolute Gasteiger partial charge is 0.383 e. The van der Waals surface area contributed by atoms with E-state index >= 15 is 0 Å². The van der Waals surface area contributed by atoms with Crippen LogP contribution < -0.4 is 0 Å². The summed E-state index contributed by atoms with van der Waals surface area (Å²) >= 11 is 0. The molecule has 7 heteroatoms. The number of nitrogens with zero attached hydrogens (tertiary/aromatic N) is 4. The van der Waals surface area contributed by atoms with Gasteiger partial charge in [-0.2, -0.15) is 0 Å². The van der Waals surface area contributed by atoms with Crippen LogP contribution in [-0.2, 0) is 9.59 Å². The molecule has 2 fully saturated rings. The average Bonchev–Trinajstić information content (AvgIpc) is 3.08. The van der Waals surface area contributed by atoms with Crippen LogP contribution in [0.1, 0.15) is 72.1 Å². The lowest BCUT2D eigenvalue weighted by Crippen LogP contribution is -2.59. The molecule has 4 amide bonds. The summed E-state index contributed by atoms with van der Waals surface area (Å²) in [5.74, 6) is -0.908. The van der Waals surface area contributed by atoms with Gasteiger partial charge in [-0.25, -0.2) is 4.79 Å². The van der Waals surface area contributed by atoms with E-state index in [1.807, 2.05) is 64.2 Å². The van der Waals surface area contributed by atoms with Crippen LogP contribution in [0.4, 0.5) is 4.79 Å². The second-order valence-electron chi connectivity index (χ2n) is 9.60. The highest BCUT2D eigenvalue weighted by atomic mass is 16.2. The fraction of sp³-hybridized carbons (Fsp3) is 0.654. The van der Waals surface area contributed by atoms with Crippen molar-refractivity contribution in [2.75, 3.05) is 34.7 Å². The molecule has 0 aromatic heterocycles. The van der Waals surface area contributed by atoms with Gasteiger partial charge in [0.05, 0.1) is 0 Å². The molecular weight excluding hydrogens is 416 g/mol. The molecule has 1 heterocycles. The molecule has 0 bridgehead atoms. The minimum atomic E-state index is -0.471. The van der Waals surface area contributed by atoms with Crippen molar-refractivity contribution in [3.05, 3.63) is 34.7 Å². The van der Waals surface area contributed by atoms with Crippen molar-refractivity contribution >= 4 is 17.8 Å². The van der Waals surface area contributed by atoms with Gasteiger partial charge >= 0.3 is 6.03 Å². The van der Waals surface area contributed by atoms with E-state index in [0.29, 0.717) is 18.5 Å². The number of carbonyl (C=O) groups is 3. The van der Waals surface area contributed by atoms with Gasteiger partial charge in [-0.1, -0.05) is 39.5 Å². The molecule has 0 aromatic rings. The maximum Gasteiger partial charge on any atom is 0.334 e. The molecule has 33 heavy (non-hydrogen) atoms. The predicted molar refractivity (Wildman–Crippen MR) is 132 cm³/mol. The van der Waals surface area contributed by atoms with Crippen LogP contribution >= 0.6 is 0 Å². The first-order chi connectivity index (χ1) is 15.6. The fourth-order valence-electron chi connectivity index (χ4n) is 4.51.